The summed E-state index contributed by atoms with van der Waals surface area (Å²) in [7, 11) is 0. The lowest BCUT2D eigenvalue weighted by Crippen LogP contribution is -2.45. The first kappa shape index (κ1) is 19.3. The number of anilines is 1. The van der Waals surface area contributed by atoms with Gasteiger partial charge in [-0.2, -0.15) is 0 Å². The number of nitrogens with one attached hydrogen (secondary N) is 1. The minimum absolute atomic E-state index is 0.151. The first-order valence-electron chi connectivity index (χ1n) is 10.3. The van der Waals surface area contributed by atoms with Gasteiger partial charge in [-0.3, -0.25) is 14.5 Å². The van der Waals surface area contributed by atoms with E-state index in [9.17, 15) is 9.59 Å². The quantitative estimate of drug-likeness (QED) is 0.647. The van der Waals surface area contributed by atoms with Gasteiger partial charge in [0.2, 0.25) is 5.91 Å². The number of likely N-dealkylation sites (tertiary alicyclic amines) is 1. The third-order valence-electron chi connectivity index (χ3n) is 6.30. The van der Waals surface area contributed by atoms with Crippen LogP contribution in [0.1, 0.15) is 36.6 Å². The van der Waals surface area contributed by atoms with E-state index in [4.69, 9.17) is 16.6 Å². The lowest BCUT2D eigenvalue weighted by molar-refractivity contribution is -0.123. The zero-order valence-electron chi connectivity index (χ0n) is 16.8. The number of piperidine rings is 1. The molecule has 7 heteroatoms. The minimum Gasteiger partial charge on any atom is -0.342 e. The van der Waals surface area contributed by atoms with Gasteiger partial charge >= 0.3 is 0 Å². The first-order chi connectivity index (χ1) is 14.5. The van der Waals surface area contributed by atoms with Crippen molar-refractivity contribution in [3.05, 3.63) is 58.9 Å². The number of H-pyrrole nitrogens is 1. The fourth-order valence-electron chi connectivity index (χ4n) is 4.54. The van der Waals surface area contributed by atoms with Crippen LogP contribution in [0.15, 0.2) is 42.5 Å². The van der Waals surface area contributed by atoms with Crippen molar-refractivity contribution in [3.8, 4) is 0 Å². The summed E-state index contributed by atoms with van der Waals surface area (Å²) in [5, 5.41) is 0.559. The average Bonchev–Trinajstić information content (AvgIpc) is 3.31. The molecule has 1 aromatic heterocycles. The Hall–Kier alpha value is -2.70. The number of rotatable bonds is 3. The van der Waals surface area contributed by atoms with E-state index in [1.165, 1.54) is 4.90 Å². The number of carbonyl (C=O) groups is 2. The smallest absolute Gasteiger partial charge is 0.251 e. The Kier molecular flexibility index (Phi) is 4.83. The fraction of sp³-hybridized carbons (Fsp3) is 0.348. The third-order valence-corrected chi connectivity index (χ3v) is 6.71. The second-order valence-electron chi connectivity index (χ2n) is 8.17. The van der Waals surface area contributed by atoms with Gasteiger partial charge in [0.05, 0.1) is 29.2 Å². The molecule has 2 amide bonds. The number of aromatic nitrogens is 2. The Bertz CT molecular complexity index is 1100. The summed E-state index contributed by atoms with van der Waals surface area (Å²) < 4.78 is 0. The van der Waals surface area contributed by atoms with Crippen LogP contribution in [0.5, 0.6) is 0 Å². The van der Waals surface area contributed by atoms with E-state index in [0.29, 0.717) is 16.6 Å². The number of aryl methyl sites for hydroxylation is 1. The summed E-state index contributed by atoms with van der Waals surface area (Å²) in [6, 6.07) is 13.0. The molecule has 2 aliphatic heterocycles. The van der Waals surface area contributed by atoms with E-state index in [1.54, 1.807) is 12.1 Å². The summed E-state index contributed by atoms with van der Waals surface area (Å²) in [4.78, 5) is 37.3. The van der Waals surface area contributed by atoms with E-state index < -0.39 is 6.04 Å². The van der Waals surface area contributed by atoms with Crippen LogP contribution in [0.4, 0.5) is 5.69 Å². The molecule has 2 saturated heterocycles. The van der Waals surface area contributed by atoms with Crippen LogP contribution < -0.4 is 4.90 Å². The van der Waals surface area contributed by atoms with Crippen molar-refractivity contribution in [1.29, 1.82) is 0 Å². The van der Waals surface area contributed by atoms with Gasteiger partial charge in [-0.1, -0.05) is 29.8 Å². The second-order valence-corrected chi connectivity index (χ2v) is 8.58. The number of para-hydroxylation sites is 2. The molecule has 30 heavy (non-hydrogen) atoms. The molecular formula is C23H23ClN4O2. The molecule has 0 bridgehead atoms. The highest BCUT2D eigenvalue weighted by molar-refractivity contribution is 6.32. The average molecular weight is 423 g/mol. The molecule has 1 N–H and O–H groups in total. The van der Waals surface area contributed by atoms with Gasteiger partial charge in [0, 0.05) is 10.9 Å². The Morgan fingerprint density at radius 3 is 2.60 bits per heavy atom. The zero-order valence-corrected chi connectivity index (χ0v) is 17.5. The number of hydrogen-bond acceptors (Lipinski definition) is 4. The molecule has 0 aliphatic carbocycles. The van der Waals surface area contributed by atoms with E-state index in [1.807, 2.05) is 37.3 Å². The summed E-state index contributed by atoms with van der Waals surface area (Å²) in [5.74, 6) is 1.04. The van der Waals surface area contributed by atoms with Crippen LogP contribution in [0.25, 0.3) is 11.0 Å². The maximum atomic E-state index is 13.1. The van der Waals surface area contributed by atoms with Crippen LogP contribution in [-0.2, 0) is 9.59 Å². The van der Waals surface area contributed by atoms with Crippen molar-refractivity contribution in [3.63, 3.8) is 0 Å². The van der Waals surface area contributed by atoms with Crippen molar-refractivity contribution in [2.45, 2.75) is 38.1 Å². The molecule has 1 atom stereocenters. The highest BCUT2D eigenvalue weighted by atomic mass is 35.5. The molecule has 0 unspecified atom stereocenters. The van der Waals surface area contributed by atoms with Gasteiger partial charge in [0.15, 0.2) is 0 Å². The van der Waals surface area contributed by atoms with Crippen LogP contribution in [-0.4, -0.2) is 45.8 Å². The summed E-state index contributed by atoms with van der Waals surface area (Å²) in [6.45, 7) is 3.44. The zero-order chi connectivity index (χ0) is 20.8. The molecule has 3 aromatic rings. The van der Waals surface area contributed by atoms with Crippen molar-refractivity contribution >= 4 is 40.1 Å². The molecule has 2 aliphatic rings. The van der Waals surface area contributed by atoms with Gasteiger partial charge in [0.1, 0.15) is 5.82 Å². The van der Waals surface area contributed by atoms with Crippen molar-refractivity contribution < 1.29 is 9.59 Å². The first-order valence-corrected chi connectivity index (χ1v) is 10.7. The number of benzene rings is 2. The largest absolute Gasteiger partial charge is 0.342 e. The number of hydrogen-bond donors (Lipinski definition) is 1. The molecule has 5 rings (SSSR count). The Morgan fingerprint density at radius 1 is 1.10 bits per heavy atom. The monoisotopic (exact) mass is 422 g/mol. The normalized spacial score (nSPS) is 21.1. The van der Waals surface area contributed by atoms with Crippen molar-refractivity contribution in [1.82, 2.24) is 14.9 Å². The number of imide groups is 1. The van der Waals surface area contributed by atoms with E-state index >= 15 is 0 Å². The minimum atomic E-state index is -0.394. The number of imidazole rings is 1. The number of aromatic amines is 1. The molecule has 6 nitrogen and oxygen atoms in total. The van der Waals surface area contributed by atoms with E-state index in [2.05, 4.69) is 9.88 Å². The maximum absolute atomic E-state index is 13.1. The predicted molar refractivity (Wildman–Crippen MR) is 117 cm³/mol. The number of amides is 2. The molecule has 154 valence electrons. The topological polar surface area (TPSA) is 69.3 Å². The lowest BCUT2D eigenvalue weighted by atomic mass is 9.95. The maximum Gasteiger partial charge on any atom is 0.251 e. The SMILES string of the molecule is Cc1ccc(N2C(=O)C[C@H](N3CCC(c4nc5ccccc5[nH]4)CC3)C2=O)cc1Cl. The number of nitrogens with zero attached hydrogens (tertiary/aromatic N) is 3. The Morgan fingerprint density at radius 2 is 1.87 bits per heavy atom. The van der Waals surface area contributed by atoms with E-state index in [-0.39, 0.29) is 18.2 Å². The van der Waals surface area contributed by atoms with E-state index in [0.717, 1.165) is 48.4 Å². The van der Waals surface area contributed by atoms with Crippen molar-refractivity contribution in [2.24, 2.45) is 0 Å². The summed E-state index contributed by atoms with van der Waals surface area (Å²) in [6.07, 6.45) is 2.04. The number of halogens is 1. The fourth-order valence-corrected chi connectivity index (χ4v) is 4.72. The van der Waals surface area contributed by atoms with Gasteiger partial charge in [-0.25, -0.2) is 9.88 Å². The van der Waals surface area contributed by atoms with Crippen LogP contribution in [0.3, 0.4) is 0 Å². The number of fused-ring (bicyclic) bond motifs is 1. The Balaban J connectivity index is 1.28. The highest BCUT2D eigenvalue weighted by Crippen LogP contribution is 2.33. The summed E-state index contributed by atoms with van der Waals surface area (Å²) >= 11 is 6.21. The molecule has 0 radical (unpaired) electrons. The lowest BCUT2D eigenvalue weighted by Gasteiger charge is -2.34. The molecular weight excluding hydrogens is 400 g/mol. The second kappa shape index (κ2) is 7.52. The highest BCUT2D eigenvalue weighted by Gasteiger charge is 2.43. The molecule has 3 heterocycles. The van der Waals surface area contributed by atoms with Gasteiger partial charge < -0.3 is 4.98 Å². The van der Waals surface area contributed by atoms with Crippen molar-refractivity contribution in [2.75, 3.05) is 18.0 Å². The number of carbonyl (C=O) groups excluding carboxylic acids is 2. The van der Waals surface area contributed by atoms with Gasteiger partial charge in [-0.15, -0.1) is 0 Å². The van der Waals surface area contributed by atoms with Crippen LogP contribution in [0, 0.1) is 6.92 Å². The molecule has 0 saturated carbocycles. The molecule has 2 aromatic carbocycles. The molecule has 2 fully saturated rings. The van der Waals surface area contributed by atoms with Crippen LogP contribution >= 0.6 is 11.6 Å². The van der Waals surface area contributed by atoms with Gasteiger partial charge in [-0.05, 0) is 62.7 Å². The summed E-state index contributed by atoms with van der Waals surface area (Å²) in [5.41, 5.74) is 3.52. The molecule has 0 spiro atoms. The third kappa shape index (κ3) is 3.30. The predicted octanol–water partition coefficient (Wildman–Crippen LogP) is 4.04. The Labute approximate surface area is 179 Å². The van der Waals surface area contributed by atoms with Crippen LogP contribution in [0.2, 0.25) is 5.02 Å². The van der Waals surface area contributed by atoms with Gasteiger partial charge in [0.25, 0.3) is 5.91 Å². The standard InChI is InChI=1S/C23H23ClN4O2/c1-14-6-7-16(12-17(14)24)28-21(29)13-20(23(28)30)27-10-8-15(9-11-27)22-25-18-4-2-3-5-19(18)26-22/h2-7,12,15,20H,8-11,13H2,1H3,(H,25,26)/t20-/m0/s1.